The largest absolute Gasteiger partial charge is 0.491 e. The molecule has 3 N–H and O–H groups in total. The lowest BCUT2D eigenvalue weighted by Crippen LogP contribution is -2.39. The van der Waals surface area contributed by atoms with Gasteiger partial charge in [0.1, 0.15) is 5.75 Å². The molecule has 124 valence electrons. The normalized spacial score (nSPS) is 13.5. The van der Waals surface area contributed by atoms with Crippen LogP contribution in [0.1, 0.15) is 45.7 Å². The third-order valence-electron chi connectivity index (χ3n) is 3.31. The van der Waals surface area contributed by atoms with Gasteiger partial charge in [0.25, 0.3) is 0 Å². The van der Waals surface area contributed by atoms with Gasteiger partial charge in [0.2, 0.25) is 0 Å². The van der Waals surface area contributed by atoms with Crippen LogP contribution in [0.4, 0.5) is 4.79 Å². The maximum atomic E-state index is 11.9. The highest BCUT2D eigenvalue weighted by molar-refractivity contribution is 5.74. The lowest BCUT2D eigenvalue weighted by Gasteiger charge is -2.18. The van der Waals surface area contributed by atoms with Crippen LogP contribution >= 0.6 is 0 Å². The predicted molar refractivity (Wildman–Crippen MR) is 88.0 cm³/mol. The summed E-state index contributed by atoms with van der Waals surface area (Å²) in [4.78, 5) is 11.9. The molecule has 0 aromatic heterocycles. The van der Waals surface area contributed by atoms with Crippen LogP contribution in [0.5, 0.6) is 5.75 Å². The van der Waals surface area contributed by atoms with Crippen LogP contribution in [0.15, 0.2) is 24.3 Å². The molecule has 0 spiro atoms. The van der Waals surface area contributed by atoms with E-state index in [2.05, 4.69) is 10.6 Å². The molecule has 0 heterocycles. The Bertz CT molecular complexity index is 463. The summed E-state index contributed by atoms with van der Waals surface area (Å²) in [5.41, 5.74) is 0.997. The van der Waals surface area contributed by atoms with E-state index in [-0.39, 0.29) is 30.7 Å². The Balaban J connectivity index is 2.50. The van der Waals surface area contributed by atoms with Crippen molar-refractivity contribution in [3.8, 4) is 5.75 Å². The first kappa shape index (κ1) is 18.3. The Morgan fingerprint density at radius 3 is 2.64 bits per heavy atom. The van der Waals surface area contributed by atoms with E-state index in [0.717, 1.165) is 11.3 Å². The van der Waals surface area contributed by atoms with Gasteiger partial charge in [-0.3, -0.25) is 0 Å². The van der Waals surface area contributed by atoms with E-state index in [4.69, 9.17) is 9.84 Å². The first-order valence-corrected chi connectivity index (χ1v) is 7.84. The number of hydrogen-bond donors (Lipinski definition) is 3. The number of amides is 2. The minimum atomic E-state index is -0.201. The lowest BCUT2D eigenvalue weighted by molar-refractivity contribution is 0.231. The van der Waals surface area contributed by atoms with E-state index in [1.807, 2.05) is 52.0 Å². The van der Waals surface area contributed by atoms with E-state index in [1.54, 1.807) is 0 Å². The highest BCUT2D eigenvalue weighted by Gasteiger charge is 2.11. The Labute approximate surface area is 133 Å². The number of benzene rings is 1. The molecule has 5 heteroatoms. The molecule has 5 nitrogen and oxygen atoms in total. The van der Waals surface area contributed by atoms with E-state index in [0.29, 0.717) is 13.0 Å². The van der Waals surface area contributed by atoms with E-state index in [1.165, 1.54) is 0 Å². The van der Waals surface area contributed by atoms with Crippen LogP contribution in [0.3, 0.4) is 0 Å². The number of carbonyl (C=O) groups excluding carboxylic acids is 1. The van der Waals surface area contributed by atoms with Gasteiger partial charge in [0, 0.05) is 13.2 Å². The maximum Gasteiger partial charge on any atom is 0.315 e. The molecule has 0 saturated heterocycles. The van der Waals surface area contributed by atoms with Gasteiger partial charge in [-0.15, -0.1) is 0 Å². The van der Waals surface area contributed by atoms with Gasteiger partial charge in [-0.05, 0) is 50.8 Å². The molecule has 0 saturated carbocycles. The van der Waals surface area contributed by atoms with E-state index in [9.17, 15) is 4.79 Å². The van der Waals surface area contributed by atoms with Crippen molar-refractivity contribution in [2.75, 3.05) is 13.2 Å². The van der Waals surface area contributed by atoms with Gasteiger partial charge >= 0.3 is 6.03 Å². The summed E-state index contributed by atoms with van der Waals surface area (Å²) in [5, 5.41) is 14.6. The number of aliphatic hydroxyl groups is 1. The SMILES string of the molecule is CC(CCO)CNC(=O)NC(C)c1cccc(OC(C)C)c1. The molecule has 0 fully saturated rings. The van der Waals surface area contributed by atoms with E-state index < -0.39 is 0 Å². The molecule has 2 amide bonds. The molecule has 0 bridgehead atoms. The molecule has 2 unspecified atom stereocenters. The molecule has 0 radical (unpaired) electrons. The molecular formula is C17H28N2O3. The van der Waals surface area contributed by atoms with Crippen molar-refractivity contribution in [2.24, 2.45) is 5.92 Å². The fraction of sp³-hybridized carbons (Fsp3) is 0.588. The van der Waals surface area contributed by atoms with Crippen molar-refractivity contribution < 1.29 is 14.6 Å². The molecule has 0 aliphatic carbocycles. The van der Waals surface area contributed by atoms with Crippen molar-refractivity contribution in [3.63, 3.8) is 0 Å². The number of carbonyl (C=O) groups is 1. The zero-order valence-electron chi connectivity index (χ0n) is 13.9. The Morgan fingerprint density at radius 2 is 2.00 bits per heavy atom. The number of hydrogen-bond acceptors (Lipinski definition) is 3. The van der Waals surface area contributed by atoms with Crippen molar-refractivity contribution in [2.45, 2.75) is 46.3 Å². The first-order chi connectivity index (χ1) is 10.4. The summed E-state index contributed by atoms with van der Waals surface area (Å²) >= 11 is 0. The highest BCUT2D eigenvalue weighted by Crippen LogP contribution is 2.20. The number of ether oxygens (including phenoxy) is 1. The van der Waals surface area contributed by atoms with Crippen molar-refractivity contribution in [1.29, 1.82) is 0 Å². The Hall–Kier alpha value is -1.75. The smallest absolute Gasteiger partial charge is 0.315 e. The molecule has 1 aromatic rings. The second kappa shape index (κ2) is 9.30. The number of urea groups is 1. The van der Waals surface area contributed by atoms with Crippen LogP contribution in [0.2, 0.25) is 0 Å². The van der Waals surface area contributed by atoms with Crippen molar-refractivity contribution in [3.05, 3.63) is 29.8 Å². The van der Waals surface area contributed by atoms with Crippen LogP contribution in [0.25, 0.3) is 0 Å². The van der Waals surface area contributed by atoms with Gasteiger partial charge < -0.3 is 20.5 Å². The molecule has 0 aliphatic heterocycles. The minimum absolute atomic E-state index is 0.108. The van der Waals surface area contributed by atoms with Crippen LogP contribution in [-0.2, 0) is 0 Å². The number of rotatable bonds is 8. The summed E-state index contributed by atoms with van der Waals surface area (Å²) in [6.07, 6.45) is 0.805. The summed E-state index contributed by atoms with van der Waals surface area (Å²) in [5.74, 6) is 1.06. The number of nitrogens with one attached hydrogen (secondary N) is 2. The molecule has 1 aromatic carbocycles. The highest BCUT2D eigenvalue weighted by atomic mass is 16.5. The fourth-order valence-electron chi connectivity index (χ4n) is 2.05. The third-order valence-corrected chi connectivity index (χ3v) is 3.31. The van der Waals surface area contributed by atoms with Gasteiger partial charge in [-0.1, -0.05) is 19.1 Å². The first-order valence-electron chi connectivity index (χ1n) is 7.84. The van der Waals surface area contributed by atoms with Gasteiger partial charge in [-0.25, -0.2) is 4.79 Å². The predicted octanol–water partition coefficient (Wildman–Crippen LogP) is 2.85. The Kier molecular flexibility index (Phi) is 7.74. The molecular weight excluding hydrogens is 280 g/mol. The maximum absolute atomic E-state index is 11.9. The zero-order valence-corrected chi connectivity index (χ0v) is 13.9. The molecule has 0 aliphatic rings. The summed E-state index contributed by atoms with van der Waals surface area (Å²) in [6, 6.07) is 7.43. The van der Waals surface area contributed by atoms with Crippen molar-refractivity contribution in [1.82, 2.24) is 10.6 Å². The molecule has 2 atom stereocenters. The molecule has 22 heavy (non-hydrogen) atoms. The number of aliphatic hydroxyl groups excluding tert-OH is 1. The van der Waals surface area contributed by atoms with Crippen LogP contribution in [-0.4, -0.2) is 30.4 Å². The van der Waals surface area contributed by atoms with Crippen LogP contribution in [0, 0.1) is 5.92 Å². The van der Waals surface area contributed by atoms with Crippen LogP contribution < -0.4 is 15.4 Å². The summed E-state index contributed by atoms with van der Waals surface area (Å²) < 4.78 is 5.66. The van der Waals surface area contributed by atoms with E-state index >= 15 is 0 Å². The second-order valence-electron chi connectivity index (χ2n) is 5.93. The fourth-order valence-corrected chi connectivity index (χ4v) is 2.05. The van der Waals surface area contributed by atoms with Gasteiger partial charge in [0.15, 0.2) is 0 Å². The van der Waals surface area contributed by atoms with Crippen molar-refractivity contribution >= 4 is 6.03 Å². The topological polar surface area (TPSA) is 70.6 Å². The standard InChI is InChI=1S/C17H28N2O3/c1-12(2)22-16-7-5-6-15(10-16)14(4)19-17(21)18-11-13(3)8-9-20/h5-7,10,12-14,20H,8-9,11H2,1-4H3,(H2,18,19,21). The van der Waals surface area contributed by atoms with Gasteiger partial charge in [-0.2, -0.15) is 0 Å². The summed E-state index contributed by atoms with van der Waals surface area (Å²) in [6.45, 7) is 8.59. The second-order valence-corrected chi connectivity index (χ2v) is 5.93. The average molecular weight is 308 g/mol. The zero-order chi connectivity index (χ0) is 16.5. The average Bonchev–Trinajstić information content (AvgIpc) is 2.45. The summed E-state index contributed by atoms with van der Waals surface area (Å²) in [7, 11) is 0. The lowest BCUT2D eigenvalue weighted by atomic mass is 10.1. The van der Waals surface area contributed by atoms with Gasteiger partial charge in [0.05, 0.1) is 12.1 Å². The monoisotopic (exact) mass is 308 g/mol. The molecule has 1 rings (SSSR count). The Morgan fingerprint density at radius 1 is 1.27 bits per heavy atom. The quantitative estimate of drug-likeness (QED) is 0.691. The minimum Gasteiger partial charge on any atom is -0.491 e. The third kappa shape index (κ3) is 6.80.